The van der Waals surface area contributed by atoms with Gasteiger partial charge in [-0.3, -0.25) is 14.2 Å². The molecule has 0 atom stereocenters. The largest absolute Gasteiger partial charge is 0.416 e. The maximum Gasteiger partial charge on any atom is 0.416 e. The standard InChI is InChI=1S/C22H19F3N2O2/c1-15-12-19(20(28)26-11-10-16-6-3-2-4-7-16)21(29)27(14-15)18-9-5-8-17(13-18)22(23,24)25/h2-9,12-14H,10-11H2,1H3,(H,26,28). The number of aryl methyl sites for hydroxylation is 1. The van der Waals surface area contributed by atoms with Crippen molar-refractivity contribution in [1.82, 2.24) is 9.88 Å². The van der Waals surface area contributed by atoms with Gasteiger partial charge in [-0.1, -0.05) is 36.4 Å². The lowest BCUT2D eigenvalue weighted by molar-refractivity contribution is -0.137. The highest BCUT2D eigenvalue weighted by Crippen LogP contribution is 2.30. The zero-order valence-corrected chi connectivity index (χ0v) is 15.7. The van der Waals surface area contributed by atoms with E-state index in [-0.39, 0.29) is 11.3 Å². The summed E-state index contributed by atoms with van der Waals surface area (Å²) in [5.41, 5.74) is 0.0142. The molecule has 0 saturated heterocycles. The Morgan fingerprint density at radius 3 is 2.45 bits per heavy atom. The Labute approximate surface area is 165 Å². The van der Waals surface area contributed by atoms with Crippen molar-refractivity contribution in [2.45, 2.75) is 19.5 Å². The zero-order valence-electron chi connectivity index (χ0n) is 15.7. The first-order chi connectivity index (χ1) is 13.8. The number of carbonyl (C=O) groups excluding carboxylic acids is 1. The molecule has 7 heteroatoms. The monoisotopic (exact) mass is 400 g/mol. The molecule has 0 unspecified atom stereocenters. The van der Waals surface area contributed by atoms with Crippen LogP contribution in [0.25, 0.3) is 5.69 Å². The highest BCUT2D eigenvalue weighted by atomic mass is 19.4. The smallest absolute Gasteiger partial charge is 0.352 e. The third-order valence-electron chi connectivity index (χ3n) is 4.39. The molecule has 1 heterocycles. The quantitative estimate of drug-likeness (QED) is 0.700. The van der Waals surface area contributed by atoms with Crippen LogP contribution in [0.1, 0.15) is 27.0 Å². The Morgan fingerprint density at radius 2 is 1.76 bits per heavy atom. The van der Waals surface area contributed by atoms with Crippen LogP contribution in [0.15, 0.2) is 71.7 Å². The number of halogens is 3. The lowest BCUT2D eigenvalue weighted by atomic mass is 10.1. The first-order valence-corrected chi connectivity index (χ1v) is 8.99. The van der Waals surface area contributed by atoms with E-state index in [2.05, 4.69) is 5.32 Å². The van der Waals surface area contributed by atoms with Gasteiger partial charge in [0.15, 0.2) is 0 Å². The minimum atomic E-state index is -4.53. The van der Waals surface area contributed by atoms with E-state index in [1.807, 2.05) is 30.3 Å². The van der Waals surface area contributed by atoms with Gasteiger partial charge >= 0.3 is 6.18 Å². The molecule has 0 aliphatic carbocycles. The maximum absolute atomic E-state index is 13.0. The molecule has 0 fully saturated rings. The van der Waals surface area contributed by atoms with Crippen LogP contribution in [0.3, 0.4) is 0 Å². The molecule has 29 heavy (non-hydrogen) atoms. The Bertz CT molecular complexity index is 1070. The number of amides is 1. The maximum atomic E-state index is 13.0. The first-order valence-electron chi connectivity index (χ1n) is 8.99. The van der Waals surface area contributed by atoms with Crippen LogP contribution in [0.4, 0.5) is 13.2 Å². The number of hydrogen-bond donors (Lipinski definition) is 1. The number of pyridine rings is 1. The van der Waals surface area contributed by atoms with Crippen molar-refractivity contribution in [3.05, 3.63) is 99.5 Å². The fraction of sp³-hybridized carbons (Fsp3) is 0.182. The van der Waals surface area contributed by atoms with Crippen LogP contribution in [0.5, 0.6) is 0 Å². The summed E-state index contributed by atoms with van der Waals surface area (Å²) in [6, 6.07) is 15.4. The van der Waals surface area contributed by atoms with Gasteiger partial charge in [-0.25, -0.2) is 0 Å². The lowest BCUT2D eigenvalue weighted by Crippen LogP contribution is -2.33. The highest BCUT2D eigenvalue weighted by Gasteiger charge is 2.30. The molecule has 0 aliphatic rings. The second-order valence-electron chi connectivity index (χ2n) is 6.65. The number of benzene rings is 2. The van der Waals surface area contributed by atoms with Crippen LogP contribution in [0.2, 0.25) is 0 Å². The van der Waals surface area contributed by atoms with Gasteiger partial charge in [0.05, 0.1) is 5.56 Å². The molecule has 0 aliphatic heterocycles. The third kappa shape index (κ3) is 4.93. The summed E-state index contributed by atoms with van der Waals surface area (Å²) in [6.45, 7) is 2.00. The van der Waals surface area contributed by atoms with E-state index in [1.54, 1.807) is 6.92 Å². The molecule has 150 valence electrons. The Morgan fingerprint density at radius 1 is 1.03 bits per heavy atom. The van der Waals surface area contributed by atoms with Crippen molar-refractivity contribution in [2.75, 3.05) is 6.54 Å². The molecule has 2 aromatic carbocycles. The predicted octanol–water partition coefficient (Wildman–Crippen LogP) is 4.14. The van der Waals surface area contributed by atoms with Gasteiger partial charge in [-0.15, -0.1) is 0 Å². The van der Waals surface area contributed by atoms with Crippen molar-refractivity contribution in [2.24, 2.45) is 0 Å². The molecular formula is C22H19F3N2O2. The highest BCUT2D eigenvalue weighted by molar-refractivity contribution is 5.94. The molecule has 0 spiro atoms. The zero-order chi connectivity index (χ0) is 21.0. The summed E-state index contributed by atoms with van der Waals surface area (Å²) in [6.07, 6.45) is -2.51. The van der Waals surface area contributed by atoms with Crippen LogP contribution in [-0.2, 0) is 12.6 Å². The average Bonchev–Trinajstić information content (AvgIpc) is 2.69. The summed E-state index contributed by atoms with van der Waals surface area (Å²) < 4.78 is 40.1. The summed E-state index contributed by atoms with van der Waals surface area (Å²) in [5.74, 6) is -0.560. The summed E-state index contributed by atoms with van der Waals surface area (Å²) in [4.78, 5) is 25.3. The predicted molar refractivity (Wildman–Crippen MR) is 104 cm³/mol. The molecule has 1 aromatic heterocycles. The normalized spacial score (nSPS) is 11.3. The molecule has 3 rings (SSSR count). The van der Waals surface area contributed by atoms with Crippen LogP contribution >= 0.6 is 0 Å². The minimum Gasteiger partial charge on any atom is -0.352 e. The molecule has 1 amide bonds. The van der Waals surface area contributed by atoms with Crippen molar-refractivity contribution in [3.63, 3.8) is 0 Å². The SMILES string of the molecule is Cc1cc(C(=O)NCCc2ccccc2)c(=O)n(-c2cccc(C(F)(F)F)c2)c1. The average molecular weight is 400 g/mol. The summed E-state index contributed by atoms with van der Waals surface area (Å²) >= 11 is 0. The number of alkyl halides is 3. The van der Waals surface area contributed by atoms with Gasteiger partial charge in [0.25, 0.3) is 11.5 Å². The number of nitrogens with one attached hydrogen (secondary N) is 1. The fourth-order valence-corrected chi connectivity index (χ4v) is 2.97. The van der Waals surface area contributed by atoms with E-state index in [4.69, 9.17) is 0 Å². The summed E-state index contributed by atoms with van der Waals surface area (Å²) in [5, 5.41) is 2.70. The van der Waals surface area contributed by atoms with E-state index in [0.29, 0.717) is 18.5 Å². The summed E-state index contributed by atoms with van der Waals surface area (Å²) in [7, 11) is 0. The van der Waals surface area contributed by atoms with Gasteiger partial charge in [-0.05, 0) is 48.7 Å². The van der Waals surface area contributed by atoms with Gasteiger partial charge in [-0.2, -0.15) is 13.2 Å². The molecule has 3 aromatic rings. The van der Waals surface area contributed by atoms with E-state index >= 15 is 0 Å². The Hall–Kier alpha value is -3.35. The van der Waals surface area contributed by atoms with Crippen LogP contribution in [-0.4, -0.2) is 17.0 Å². The molecule has 0 bridgehead atoms. The Balaban J connectivity index is 1.85. The van der Waals surface area contributed by atoms with Crippen molar-refractivity contribution < 1.29 is 18.0 Å². The number of hydrogen-bond acceptors (Lipinski definition) is 2. The van der Waals surface area contributed by atoms with Crippen molar-refractivity contribution >= 4 is 5.91 Å². The Kier molecular flexibility index (Phi) is 5.87. The lowest BCUT2D eigenvalue weighted by Gasteiger charge is -2.13. The number of aromatic nitrogens is 1. The molecule has 0 saturated carbocycles. The number of rotatable bonds is 5. The topological polar surface area (TPSA) is 51.1 Å². The molecule has 1 N–H and O–H groups in total. The van der Waals surface area contributed by atoms with Gasteiger partial charge in [0.2, 0.25) is 0 Å². The first kappa shape index (κ1) is 20.4. The number of nitrogens with zero attached hydrogens (tertiary/aromatic N) is 1. The third-order valence-corrected chi connectivity index (χ3v) is 4.39. The van der Waals surface area contributed by atoms with Gasteiger partial charge < -0.3 is 5.32 Å². The van der Waals surface area contributed by atoms with Gasteiger partial charge in [0, 0.05) is 18.4 Å². The van der Waals surface area contributed by atoms with Gasteiger partial charge in [0.1, 0.15) is 5.56 Å². The molecule has 4 nitrogen and oxygen atoms in total. The second kappa shape index (κ2) is 8.34. The molecule has 0 radical (unpaired) electrons. The number of carbonyl (C=O) groups is 1. The fourth-order valence-electron chi connectivity index (χ4n) is 2.97. The van der Waals surface area contributed by atoms with E-state index in [0.717, 1.165) is 22.3 Å². The van der Waals surface area contributed by atoms with E-state index in [1.165, 1.54) is 24.4 Å². The minimum absolute atomic E-state index is 0.0480. The van der Waals surface area contributed by atoms with Crippen LogP contribution < -0.4 is 10.9 Å². The van der Waals surface area contributed by atoms with Crippen molar-refractivity contribution in [3.8, 4) is 5.69 Å². The second-order valence-corrected chi connectivity index (χ2v) is 6.65. The van der Waals surface area contributed by atoms with Crippen molar-refractivity contribution in [1.29, 1.82) is 0 Å². The molecular weight excluding hydrogens is 381 g/mol. The van der Waals surface area contributed by atoms with Crippen LogP contribution in [0, 0.1) is 6.92 Å². The van der Waals surface area contributed by atoms with E-state index < -0.39 is 23.2 Å². The van der Waals surface area contributed by atoms with E-state index in [9.17, 15) is 22.8 Å².